The number of fused-ring (bicyclic) bond motifs is 1. The summed E-state index contributed by atoms with van der Waals surface area (Å²) in [7, 11) is 0. The average molecular weight is 390 g/mol. The summed E-state index contributed by atoms with van der Waals surface area (Å²) >= 11 is 1.06. The highest BCUT2D eigenvalue weighted by molar-refractivity contribution is 7.12. The van der Waals surface area contributed by atoms with Crippen molar-refractivity contribution in [1.82, 2.24) is 19.7 Å². The molecule has 0 radical (unpaired) electrons. The van der Waals surface area contributed by atoms with Gasteiger partial charge in [0.1, 0.15) is 11.4 Å². The summed E-state index contributed by atoms with van der Waals surface area (Å²) in [5.41, 5.74) is 0.177. The summed E-state index contributed by atoms with van der Waals surface area (Å²) in [6, 6.07) is 11.3. The van der Waals surface area contributed by atoms with Crippen LogP contribution in [0.3, 0.4) is 0 Å². The first kappa shape index (κ1) is 17.2. The Morgan fingerprint density at radius 2 is 1.85 bits per heavy atom. The van der Waals surface area contributed by atoms with E-state index in [-0.39, 0.29) is 23.1 Å². The average Bonchev–Trinajstić information content (AvgIpc) is 3.26. The Kier molecular flexibility index (Phi) is 4.11. The van der Waals surface area contributed by atoms with Gasteiger partial charge in [-0.3, -0.25) is 4.79 Å². The fourth-order valence-electron chi connectivity index (χ4n) is 2.55. The first-order valence-corrected chi connectivity index (χ1v) is 8.44. The second kappa shape index (κ2) is 6.47. The number of hydrogen-bond donors (Lipinski definition) is 0. The zero-order chi connectivity index (χ0) is 19.0. The predicted octanol–water partition coefficient (Wildman–Crippen LogP) is 4.10. The number of pyridine rings is 1. The molecule has 0 spiro atoms. The topological polar surface area (TPSA) is 69.9 Å². The molecule has 6 nitrogen and oxygen atoms in total. The predicted molar refractivity (Wildman–Crippen MR) is 91.7 cm³/mol. The molecule has 0 saturated carbocycles. The fraction of sp³-hybridized carbons (Fsp3) is 0.0588. The van der Waals surface area contributed by atoms with Crippen LogP contribution in [0.4, 0.5) is 13.2 Å². The first-order valence-electron chi connectivity index (χ1n) is 7.56. The minimum atomic E-state index is -4.59. The van der Waals surface area contributed by atoms with E-state index in [1.54, 1.807) is 24.3 Å². The summed E-state index contributed by atoms with van der Waals surface area (Å²) in [6.07, 6.45) is -4.59. The lowest BCUT2D eigenvalue weighted by Crippen LogP contribution is -2.08. The van der Waals surface area contributed by atoms with Crippen molar-refractivity contribution in [2.24, 2.45) is 0 Å². The van der Waals surface area contributed by atoms with Crippen LogP contribution in [0.2, 0.25) is 0 Å². The molecule has 0 amide bonds. The lowest BCUT2D eigenvalue weighted by molar-refractivity contribution is -0.141. The van der Waals surface area contributed by atoms with Gasteiger partial charge in [0.25, 0.3) is 6.47 Å². The van der Waals surface area contributed by atoms with Crippen LogP contribution in [0.25, 0.3) is 27.4 Å². The smallest absolute Gasteiger partial charge is 0.409 e. The number of carbonyl (C=O) groups is 1. The number of halogens is 3. The normalized spacial score (nSPS) is 11.7. The highest BCUT2D eigenvalue weighted by Gasteiger charge is 2.33. The van der Waals surface area contributed by atoms with E-state index in [0.29, 0.717) is 11.1 Å². The Morgan fingerprint density at radius 3 is 2.56 bits per heavy atom. The van der Waals surface area contributed by atoms with Crippen LogP contribution in [0.5, 0.6) is 5.88 Å². The summed E-state index contributed by atoms with van der Waals surface area (Å²) in [5.74, 6) is 0.0295. The summed E-state index contributed by atoms with van der Waals surface area (Å²) in [6.45, 7) is 0.218. The molecule has 27 heavy (non-hydrogen) atoms. The van der Waals surface area contributed by atoms with Gasteiger partial charge in [-0.15, -0.1) is 0 Å². The Labute approximate surface area is 153 Å². The highest BCUT2D eigenvalue weighted by atomic mass is 32.1. The summed E-state index contributed by atoms with van der Waals surface area (Å²) in [5, 5.41) is 6.54. The number of hydrogen-bond acceptors (Lipinski definition) is 6. The lowest BCUT2D eigenvalue weighted by atomic mass is 10.1. The van der Waals surface area contributed by atoms with E-state index in [2.05, 4.69) is 19.8 Å². The van der Waals surface area contributed by atoms with Gasteiger partial charge in [0.15, 0.2) is 5.65 Å². The molecule has 3 aromatic heterocycles. The van der Waals surface area contributed by atoms with Crippen LogP contribution < -0.4 is 4.74 Å². The van der Waals surface area contributed by atoms with Crippen molar-refractivity contribution in [3.63, 3.8) is 0 Å². The van der Waals surface area contributed by atoms with Crippen molar-refractivity contribution < 1.29 is 22.7 Å². The van der Waals surface area contributed by atoms with Gasteiger partial charge in [0.05, 0.1) is 5.38 Å². The van der Waals surface area contributed by atoms with Crippen molar-refractivity contribution in [3.8, 4) is 22.3 Å². The van der Waals surface area contributed by atoms with E-state index < -0.39 is 11.9 Å². The minimum absolute atomic E-state index is 0.00989. The van der Waals surface area contributed by atoms with Gasteiger partial charge in [-0.2, -0.15) is 27.9 Å². The minimum Gasteiger partial charge on any atom is -0.409 e. The molecule has 0 N–H and O–H groups in total. The van der Waals surface area contributed by atoms with Crippen molar-refractivity contribution >= 4 is 28.8 Å². The third kappa shape index (κ3) is 3.14. The maximum absolute atomic E-state index is 13.1. The van der Waals surface area contributed by atoms with Gasteiger partial charge in [0.2, 0.25) is 11.0 Å². The molecule has 0 unspecified atom stereocenters. The van der Waals surface area contributed by atoms with Crippen molar-refractivity contribution in [2.45, 2.75) is 6.18 Å². The maximum atomic E-state index is 13.1. The van der Waals surface area contributed by atoms with Crippen LogP contribution >= 0.6 is 11.3 Å². The quantitative estimate of drug-likeness (QED) is 0.491. The van der Waals surface area contributed by atoms with Crippen LogP contribution in [-0.2, 0) is 11.0 Å². The molecule has 136 valence electrons. The standard InChI is InChI=1S/C17H9F3N4O2S/c18-17(19,20)12-7-6-11-14(10-4-2-1-3-5-10)23-24(15(11)21-12)16-22-13(8-27-16)26-9-25/h1-9H. The SMILES string of the molecule is O=COc1csc(-n2nc(-c3ccccc3)c3ccc(C(F)(F)F)nc32)n1. The summed E-state index contributed by atoms with van der Waals surface area (Å²) in [4.78, 5) is 18.3. The molecule has 1 aromatic carbocycles. The van der Waals surface area contributed by atoms with Gasteiger partial charge in [-0.1, -0.05) is 41.7 Å². The van der Waals surface area contributed by atoms with Crippen molar-refractivity contribution in [1.29, 1.82) is 0 Å². The van der Waals surface area contributed by atoms with Gasteiger partial charge in [-0.25, -0.2) is 4.98 Å². The Hall–Kier alpha value is -3.27. The number of alkyl halides is 3. The van der Waals surface area contributed by atoms with Crippen molar-refractivity contribution in [3.05, 3.63) is 53.5 Å². The number of aromatic nitrogens is 4. The van der Waals surface area contributed by atoms with E-state index in [0.717, 1.165) is 23.0 Å². The number of benzene rings is 1. The molecule has 10 heteroatoms. The lowest BCUT2D eigenvalue weighted by Gasteiger charge is -2.05. The van der Waals surface area contributed by atoms with E-state index in [4.69, 9.17) is 0 Å². The molecule has 0 aliphatic rings. The fourth-order valence-corrected chi connectivity index (χ4v) is 3.23. The van der Waals surface area contributed by atoms with Crippen molar-refractivity contribution in [2.75, 3.05) is 0 Å². The van der Waals surface area contributed by atoms with E-state index in [9.17, 15) is 18.0 Å². The third-order valence-electron chi connectivity index (χ3n) is 3.69. The van der Waals surface area contributed by atoms with Gasteiger partial charge >= 0.3 is 6.18 Å². The molecular formula is C17H9F3N4O2S. The van der Waals surface area contributed by atoms with Gasteiger partial charge < -0.3 is 4.74 Å². The largest absolute Gasteiger partial charge is 0.433 e. The van der Waals surface area contributed by atoms with E-state index >= 15 is 0 Å². The molecule has 0 atom stereocenters. The van der Waals surface area contributed by atoms with Crippen LogP contribution in [0, 0.1) is 0 Å². The number of carbonyl (C=O) groups excluding carboxylic acids is 1. The Balaban J connectivity index is 1.96. The molecule has 3 heterocycles. The van der Waals surface area contributed by atoms with Crippen LogP contribution in [0.1, 0.15) is 5.69 Å². The monoisotopic (exact) mass is 390 g/mol. The number of ether oxygens (including phenoxy) is 1. The molecule has 0 bridgehead atoms. The molecule has 0 aliphatic heterocycles. The zero-order valence-electron chi connectivity index (χ0n) is 13.3. The Morgan fingerprint density at radius 1 is 1.07 bits per heavy atom. The molecule has 0 saturated heterocycles. The molecule has 0 fully saturated rings. The zero-order valence-corrected chi connectivity index (χ0v) is 14.2. The molecule has 4 aromatic rings. The Bertz CT molecular complexity index is 1120. The second-order valence-corrected chi connectivity index (χ2v) is 6.21. The third-order valence-corrected chi connectivity index (χ3v) is 4.48. The number of rotatable bonds is 4. The molecular weight excluding hydrogens is 381 g/mol. The first-order chi connectivity index (χ1) is 13.0. The van der Waals surface area contributed by atoms with Gasteiger partial charge in [-0.05, 0) is 12.1 Å². The van der Waals surface area contributed by atoms with E-state index in [1.165, 1.54) is 16.1 Å². The van der Waals surface area contributed by atoms with E-state index in [1.807, 2.05) is 6.07 Å². The second-order valence-electron chi connectivity index (χ2n) is 5.37. The van der Waals surface area contributed by atoms with Crippen LogP contribution in [0.15, 0.2) is 47.8 Å². The molecule has 4 rings (SSSR count). The van der Waals surface area contributed by atoms with Gasteiger partial charge in [0, 0.05) is 10.9 Å². The number of thiazole rings is 1. The molecule has 0 aliphatic carbocycles. The highest BCUT2D eigenvalue weighted by Crippen LogP contribution is 2.34. The summed E-state index contributed by atoms with van der Waals surface area (Å²) < 4.78 is 45.2. The number of nitrogens with zero attached hydrogens (tertiary/aromatic N) is 4. The van der Waals surface area contributed by atoms with Crippen LogP contribution in [-0.4, -0.2) is 26.2 Å². The maximum Gasteiger partial charge on any atom is 0.433 e.